The number of aromatic nitrogens is 2. The number of primary amides is 1. The van der Waals surface area contributed by atoms with Crippen LogP contribution in [0.5, 0.6) is 0 Å². The Morgan fingerprint density at radius 3 is 2.47 bits per heavy atom. The quantitative estimate of drug-likeness (QED) is 0.566. The third-order valence-corrected chi connectivity index (χ3v) is 4.76. The van der Waals surface area contributed by atoms with Crippen LogP contribution in [0.2, 0.25) is 0 Å². The lowest BCUT2D eigenvalue weighted by Gasteiger charge is -2.10. The van der Waals surface area contributed by atoms with Gasteiger partial charge in [0.05, 0.1) is 17.8 Å². The zero-order valence-corrected chi connectivity index (χ0v) is 17.3. The normalized spacial score (nSPS) is 11.4. The molecule has 0 radical (unpaired) electrons. The smallest absolute Gasteiger partial charge is 0.368 e. The summed E-state index contributed by atoms with van der Waals surface area (Å²) in [4.78, 5) is 27.4. The van der Waals surface area contributed by atoms with Crippen molar-refractivity contribution in [1.82, 2.24) is 14.9 Å². The number of carbonyl (C=O) groups excluding carboxylic acids is 2. The predicted octanol–water partition coefficient (Wildman–Crippen LogP) is 3.45. The van der Waals surface area contributed by atoms with E-state index in [2.05, 4.69) is 10.3 Å². The van der Waals surface area contributed by atoms with Crippen molar-refractivity contribution < 1.29 is 27.2 Å². The summed E-state index contributed by atoms with van der Waals surface area (Å²) in [5.74, 6) is -1.50. The number of alkyl halides is 3. The third-order valence-electron chi connectivity index (χ3n) is 4.76. The molecule has 10 heteroatoms. The minimum absolute atomic E-state index is 0.0151. The molecule has 3 aromatic rings. The van der Waals surface area contributed by atoms with Crippen LogP contribution in [0.15, 0.2) is 42.6 Å². The van der Waals surface area contributed by atoms with Crippen LogP contribution in [0, 0.1) is 19.7 Å². The Kier molecular flexibility index (Phi) is 6.33. The molecule has 0 aliphatic heterocycles. The van der Waals surface area contributed by atoms with E-state index in [0.29, 0.717) is 34.4 Å². The Hall–Kier alpha value is -3.69. The van der Waals surface area contributed by atoms with Gasteiger partial charge in [-0.25, -0.2) is 9.37 Å². The first kappa shape index (κ1) is 23.0. The standard InChI is InChI=1S/C22H20F4N4O2/c1-12-5-18(3-4-19(12)21(32)28-10-20(27)31)30-11-17(29-13(30)2)8-14-6-15(22(24,25)26)9-16(23)7-14/h3-7,9,11H,8,10H2,1-2H3,(H2,27,31)(H,28,32). The Morgan fingerprint density at radius 1 is 1.12 bits per heavy atom. The molecule has 0 bridgehead atoms. The van der Waals surface area contributed by atoms with E-state index in [-0.39, 0.29) is 18.5 Å². The molecule has 1 heterocycles. The number of rotatable bonds is 6. The highest BCUT2D eigenvalue weighted by Gasteiger charge is 2.31. The van der Waals surface area contributed by atoms with Gasteiger partial charge < -0.3 is 15.6 Å². The molecule has 0 fully saturated rings. The van der Waals surface area contributed by atoms with Gasteiger partial charge in [-0.15, -0.1) is 0 Å². The molecule has 3 N–H and O–H groups in total. The summed E-state index contributed by atoms with van der Waals surface area (Å²) in [6.07, 6.45) is -2.98. The fourth-order valence-corrected chi connectivity index (χ4v) is 3.32. The highest BCUT2D eigenvalue weighted by Crippen LogP contribution is 2.31. The Labute approximate surface area is 181 Å². The maximum atomic E-state index is 13.7. The molecule has 6 nitrogen and oxygen atoms in total. The fraction of sp³-hybridized carbons (Fsp3) is 0.227. The van der Waals surface area contributed by atoms with Crippen molar-refractivity contribution in [2.24, 2.45) is 5.73 Å². The van der Waals surface area contributed by atoms with Gasteiger partial charge in [0, 0.05) is 23.9 Å². The lowest BCUT2D eigenvalue weighted by Crippen LogP contribution is -2.33. The van der Waals surface area contributed by atoms with Crippen molar-refractivity contribution in [1.29, 1.82) is 0 Å². The summed E-state index contributed by atoms with van der Waals surface area (Å²) in [5.41, 5.74) is 6.28. The van der Waals surface area contributed by atoms with Crippen molar-refractivity contribution in [3.05, 3.63) is 82.2 Å². The molecule has 0 aliphatic rings. The first-order chi connectivity index (χ1) is 14.9. The lowest BCUT2D eigenvalue weighted by atomic mass is 10.1. The lowest BCUT2D eigenvalue weighted by molar-refractivity contribution is -0.137. The van der Waals surface area contributed by atoms with E-state index >= 15 is 0 Å². The number of aryl methyl sites for hydroxylation is 2. The molecule has 0 saturated heterocycles. The Morgan fingerprint density at radius 2 is 1.84 bits per heavy atom. The molecule has 0 spiro atoms. The van der Waals surface area contributed by atoms with Crippen molar-refractivity contribution in [3.8, 4) is 5.69 Å². The average Bonchev–Trinajstić information content (AvgIpc) is 3.04. The van der Waals surface area contributed by atoms with Gasteiger partial charge in [-0.3, -0.25) is 9.59 Å². The summed E-state index contributed by atoms with van der Waals surface area (Å²) in [5, 5.41) is 2.42. The number of carbonyl (C=O) groups is 2. The minimum Gasteiger partial charge on any atom is -0.368 e. The molecule has 0 saturated carbocycles. The van der Waals surface area contributed by atoms with Gasteiger partial charge in [0.2, 0.25) is 5.91 Å². The number of nitrogens with two attached hydrogens (primary N) is 1. The molecule has 3 rings (SSSR count). The summed E-state index contributed by atoms with van der Waals surface area (Å²) in [7, 11) is 0. The summed E-state index contributed by atoms with van der Waals surface area (Å²) in [6.45, 7) is 3.17. The second kappa shape index (κ2) is 8.81. The van der Waals surface area contributed by atoms with E-state index in [0.717, 1.165) is 12.1 Å². The maximum absolute atomic E-state index is 13.7. The zero-order chi connectivity index (χ0) is 23.6. The first-order valence-corrected chi connectivity index (χ1v) is 9.53. The monoisotopic (exact) mass is 448 g/mol. The Bertz CT molecular complexity index is 1190. The van der Waals surface area contributed by atoms with Gasteiger partial charge in [-0.05, 0) is 61.4 Å². The average molecular weight is 448 g/mol. The highest BCUT2D eigenvalue weighted by atomic mass is 19.4. The predicted molar refractivity (Wildman–Crippen MR) is 109 cm³/mol. The van der Waals surface area contributed by atoms with Crippen LogP contribution >= 0.6 is 0 Å². The van der Waals surface area contributed by atoms with Crippen LogP contribution in [0.4, 0.5) is 17.6 Å². The van der Waals surface area contributed by atoms with E-state index in [9.17, 15) is 27.2 Å². The van der Waals surface area contributed by atoms with Crippen molar-refractivity contribution in [3.63, 3.8) is 0 Å². The van der Waals surface area contributed by atoms with Gasteiger partial charge in [0.1, 0.15) is 11.6 Å². The van der Waals surface area contributed by atoms with Crippen LogP contribution in [-0.4, -0.2) is 27.9 Å². The fourth-order valence-electron chi connectivity index (χ4n) is 3.32. The van der Waals surface area contributed by atoms with Crippen molar-refractivity contribution in [2.75, 3.05) is 6.54 Å². The second-order valence-electron chi connectivity index (χ2n) is 7.32. The highest BCUT2D eigenvalue weighted by molar-refractivity contribution is 5.97. The number of nitrogens with zero attached hydrogens (tertiary/aromatic N) is 2. The van der Waals surface area contributed by atoms with Crippen molar-refractivity contribution >= 4 is 11.8 Å². The minimum atomic E-state index is -4.64. The van der Waals surface area contributed by atoms with E-state index < -0.39 is 29.4 Å². The van der Waals surface area contributed by atoms with Gasteiger partial charge in [0.15, 0.2) is 0 Å². The number of nitrogens with one attached hydrogen (secondary N) is 1. The summed E-state index contributed by atoms with van der Waals surface area (Å²) in [6, 6.07) is 7.41. The van der Waals surface area contributed by atoms with Crippen LogP contribution in [0.1, 0.15) is 38.6 Å². The Balaban J connectivity index is 1.85. The van der Waals surface area contributed by atoms with Crippen LogP contribution in [-0.2, 0) is 17.4 Å². The number of hydrogen-bond acceptors (Lipinski definition) is 3. The van der Waals surface area contributed by atoms with Crippen LogP contribution in [0.25, 0.3) is 5.69 Å². The van der Waals surface area contributed by atoms with E-state index in [1.807, 2.05) is 0 Å². The largest absolute Gasteiger partial charge is 0.416 e. The molecule has 168 valence electrons. The van der Waals surface area contributed by atoms with Gasteiger partial charge in [-0.2, -0.15) is 13.2 Å². The van der Waals surface area contributed by atoms with Gasteiger partial charge in [0.25, 0.3) is 5.91 Å². The SMILES string of the molecule is Cc1cc(-n2cc(Cc3cc(F)cc(C(F)(F)F)c3)nc2C)ccc1C(=O)NCC(N)=O. The van der Waals surface area contributed by atoms with Crippen LogP contribution in [0.3, 0.4) is 0 Å². The summed E-state index contributed by atoms with van der Waals surface area (Å²) < 4.78 is 54.3. The van der Waals surface area contributed by atoms with Gasteiger partial charge in [-0.1, -0.05) is 0 Å². The molecule has 32 heavy (non-hydrogen) atoms. The van der Waals surface area contributed by atoms with Crippen molar-refractivity contribution in [2.45, 2.75) is 26.4 Å². The number of imidazole rings is 1. The van der Waals surface area contributed by atoms with E-state index in [4.69, 9.17) is 5.73 Å². The van der Waals surface area contributed by atoms with Crippen LogP contribution < -0.4 is 11.1 Å². The molecular weight excluding hydrogens is 428 g/mol. The second-order valence-corrected chi connectivity index (χ2v) is 7.32. The maximum Gasteiger partial charge on any atom is 0.416 e. The molecule has 1 aromatic heterocycles. The third kappa shape index (κ3) is 5.32. The number of benzene rings is 2. The van der Waals surface area contributed by atoms with E-state index in [1.165, 1.54) is 0 Å². The number of halogens is 4. The molecule has 2 aromatic carbocycles. The topological polar surface area (TPSA) is 90.0 Å². The number of amides is 2. The first-order valence-electron chi connectivity index (χ1n) is 9.53. The summed E-state index contributed by atoms with van der Waals surface area (Å²) >= 11 is 0. The van der Waals surface area contributed by atoms with Gasteiger partial charge >= 0.3 is 6.18 Å². The molecule has 0 atom stereocenters. The molecular formula is C22H20F4N4O2. The molecule has 0 aliphatic carbocycles. The number of hydrogen-bond donors (Lipinski definition) is 2. The molecule has 2 amide bonds. The molecule has 0 unspecified atom stereocenters. The zero-order valence-electron chi connectivity index (χ0n) is 17.3. The van der Waals surface area contributed by atoms with E-state index in [1.54, 1.807) is 42.8 Å².